The van der Waals surface area contributed by atoms with Crippen molar-refractivity contribution >= 4 is 34.2 Å². The fraction of sp³-hybridized carbons (Fsp3) is 0.360. The molecule has 1 saturated carbocycles. The third-order valence-electron chi connectivity index (χ3n) is 6.84. The van der Waals surface area contributed by atoms with E-state index in [1.165, 1.54) is 0 Å². The van der Waals surface area contributed by atoms with Gasteiger partial charge in [-0.3, -0.25) is 4.79 Å². The maximum atomic E-state index is 13.5. The van der Waals surface area contributed by atoms with E-state index in [9.17, 15) is 9.90 Å². The molecule has 1 aromatic heterocycles. The predicted octanol–water partition coefficient (Wildman–Crippen LogP) is 5.04. The molecule has 0 radical (unpaired) electrons. The van der Waals surface area contributed by atoms with Gasteiger partial charge in [0.25, 0.3) is 0 Å². The van der Waals surface area contributed by atoms with Crippen molar-refractivity contribution in [1.29, 1.82) is 0 Å². The minimum absolute atomic E-state index is 0.174. The number of phenols is 1. The lowest BCUT2D eigenvalue weighted by molar-refractivity contribution is -0.139. The van der Waals surface area contributed by atoms with E-state index in [1.54, 1.807) is 12.1 Å². The number of rotatable bonds is 4. The van der Waals surface area contributed by atoms with E-state index in [1.807, 2.05) is 48.2 Å². The van der Waals surface area contributed by atoms with Gasteiger partial charge < -0.3 is 15.3 Å². The first-order chi connectivity index (χ1) is 14.9. The second-order valence-electron chi connectivity index (χ2n) is 8.85. The van der Waals surface area contributed by atoms with Gasteiger partial charge in [-0.05, 0) is 73.7 Å². The number of carbonyl (C=O) groups excluding carboxylic acids is 1. The highest BCUT2D eigenvalue weighted by molar-refractivity contribution is 6.30. The number of nitrogens with zero attached hydrogens (tertiary/aromatic N) is 2. The number of phenolic OH excluding ortho intramolecular Hbond substituents is 1. The molecule has 1 amide bonds. The molecule has 0 spiro atoms. The lowest BCUT2D eigenvalue weighted by Gasteiger charge is -2.43. The number of aryl methyl sites for hydroxylation is 1. The van der Waals surface area contributed by atoms with Crippen LogP contribution in [-0.4, -0.2) is 40.0 Å². The smallest absolute Gasteiger partial charge is 0.233 e. The van der Waals surface area contributed by atoms with Gasteiger partial charge in [-0.15, -0.1) is 0 Å². The van der Waals surface area contributed by atoms with Crippen molar-refractivity contribution in [3.63, 3.8) is 0 Å². The highest BCUT2D eigenvalue weighted by Crippen LogP contribution is 2.46. The summed E-state index contributed by atoms with van der Waals surface area (Å²) in [4.78, 5) is 20.2. The Kier molecular flexibility index (Phi) is 5.01. The van der Waals surface area contributed by atoms with Crippen LogP contribution in [0.25, 0.3) is 10.9 Å². The number of aromatic nitrogens is 1. The average molecular weight is 436 g/mol. The van der Waals surface area contributed by atoms with Crippen LogP contribution in [0, 0.1) is 6.92 Å². The summed E-state index contributed by atoms with van der Waals surface area (Å²) in [6.45, 7) is 3.46. The molecular weight excluding hydrogens is 410 g/mol. The number of aromatic hydroxyl groups is 1. The van der Waals surface area contributed by atoms with Crippen LogP contribution >= 0.6 is 11.6 Å². The van der Waals surface area contributed by atoms with E-state index < -0.39 is 0 Å². The lowest BCUT2D eigenvalue weighted by Crippen LogP contribution is -2.50. The summed E-state index contributed by atoms with van der Waals surface area (Å²) in [7, 11) is 0. The Morgan fingerprint density at radius 2 is 1.97 bits per heavy atom. The van der Waals surface area contributed by atoms with E-state index >= 15 is 0 Å². The Hall–Kier alpha value is -2.79. The number of pyridine rings is 1. The van der Waals surface area contributed by atoms with Crippen molar-refractivity contribution in [1.82, 2.24) is 9.88 Å². The number of anilines is 1. The Labute approximate surface area is 187 Å². The predicted molar refractivity (Wildman–Crippen MR) is 124 cm³/mol. The molecule has 1 atom stereocenters. The van der Waals surface area contributed by atoms with Crippen LogP contribution < -0.4 is 5.32 Å². The van der Waals surface area contributed by atoms with E-state index in [0.29, 0.717) is 11.6 Å². The normalized spacial score (nSPS) is 19.9. The number of hydrogen-bond acceptors (Lipinski definition) is 4. The van der Waals surface area contributed by atoms with Crippen LogP contribution in [0.15, 0.2) is 48.5 Å². The molecule has 3 aromatic rings. The van der Waals surface area contributed by atoms with E-state index in [2.05, 4.69) is 5.32 Å². The zero-order valence-electron chi connectivity index (χ0n) is 17.6. The van der Waals surface area contributed by atoms with Crippen LogP contribution in [-0.2, 0) is 10.2 Å². The molecule has 2 aliphatic rings. The molecule has 2 aromatic carbocycles. The van der Waals surface area contributed by atoms with E-state index in [4.69, 9.17) is 16.6 Å². The van der Waals surface area contributed by atoms with Crippen LogP contribution in [0.2, 0.25) is 5.02 Å². The standard InChI is InChI=1S/C25H26ClN3O2/c1-16-13-23(28-22-8-7-20(30)14-21(16)22)27-19-9-12-29(15-19)24(31)25(10-2-11-25)17-3-5-18(26)6-4-17/h3-8,13-14,19,30H,2,9-12,15H2,1H3,(H,27,28). The summed E-state index contributed by atoms with van der Waals surface area (Å²) in [5.41, 5.74) is 2.60. The number of benzene rings is 2. The molecule has 2 N–H and O–H groups in total. The number of likely N-dealkylation sites (tertiary alicyclic amines) is 1. The van der Waals surface area contributed by atoms with Crippen LogP contribution in [0.3, 0.4) is 0 Å². The van der Waals surface area contributed by atoms with E-state index in [0.717, 1.165) is 60.1 Å². The highest BCUT2D eigenvalue weighted by Gasteiger charge is 2.48. The van der Waals surface area contributed by atoms with Crippen molar-refractivity contribution in [3.8, 4) is 5.75 Å². The van der Waals surface area contributed by atoms with Crippen molar-refractivity contribution in [2.75, 3.05) is 18.4 Å². The zero-order valence-corrected chi connectivity index (χ0v) is 18.3. The molecule has 1 aliphatic carbocycles. The van der Waals surface area contributed by atoms with Crippen LogP contribution in [0.1, 0.15) is 36.8 Å². The van der Waals surface area contributed by atoms with Crippen molar-refractivity contribution in [2.45, 2.75) is 44.1 Å². The maximum Gasteiger partial charge on any atom is 0.233 e. The minimum Gasteiger partial charge on any atom is -0.508 e. The van der Waals surface area contributed by atoms with Gasteiger partial charge in [0.2, 0.25) is 5.91 Å². The fourth-order valence-corrected chi connectivity index (χ4v) is 5.08. The molecule has 5 rings (SSSR count). The SMILES string of the molecule is Cc1cc(NC2CCN(C(=O)C3(c4ccc(Cl)cc4)CCC3)C2)nc2ccc(O)cc12. The first-order valence-corrected chi connectivity index (χ1v) is 11.2. The molecular formula is C25H26ClN3O2. The molecule has 2 fully saturated rings. The molecule has 1 saturated heterocycles. The summed E-state index contributed by atoms with van der Waals surface area (Å²) in [6, 6.07) is 15.2. The Balaban J connectivity index is 1.31. The van der Waals surface area contributed by atoms with Gasteiger partial charge in [0.15, 0.2) is 0 Å². The second-order valence-corrected chi connectivity index (χ2v) is 9.29. The minimum atomic E-state index is -0.390. The topological polar surface area (TPSA) is 65.5 Å². The molecule has 160 valence electrons. The van der Waals surface area contributed by atoms with Gasteiger partial charge in [0, 0.05) is 29.5 Å². The van der Waals surface area contributed by atoms with Gasteiger partial charge in [-0.25, -0.2) is 4.98 Å². The van der Waals surface area contributed by atoms with Crippen molar-refractivity contribution < 1.29 is 9.90 Å². The third kappa shape index (κ3) is 3.61. The Morgan fingerprint density at radius 1 is 1.19 bits per heavy atom. The van der Waals surface area contributed by atoms with Gasteiger partial charge in [0.1, 0.15) is 11.6 Å². The monoisotopic (exact) mass is 435 g/mol. The van der Waals surface area contributed by atoms with Gasteiger partial charge in [-0.2, -0.15) is 0 Å². The zero-order chi connectivity index (χ0) is 21.6. The number of carbonyl (C=O) groups is 1. The fourth-order valence-electron chi connectivity index (χ4n) is 4.96. The summed E-state index contributed by atoms with van der Waals surface area (Å²) >= 11 is 6.06. The first-order valence-electron chi connectivity index (χ1n) is 10.9. The van der Waals surface area contributed by atoms with Crippen molar-refractivity contribution in [3.05, 3.63) is 64.7 Å². The number of fused-ring (bicyclic) bond motifs is 1. The Morgan fingerprint density at radius 3 is 2.68 bits per heavy atom. The largest absolute Gasteiger partial charge is 0.508 e. The number of amides is 1. The van der Waals surface area contributed by atoms with Gasteiger partial charge in [-0.1, -0.05) is 30.2 Å². The third-order valence-corrected chi connectivity index (χ3v) is 7.09. The van der Waals surface area contributed by atoms with Gasteiger partial charge in [0.05, 0.1) is 10.9 Å². The summed E-state index contributed by atoms with van der Waals surface area (Å²) in [5, 5.41) is 14.9. The number of hydrogen-bond donors (Lipinski definition) is 2. The summed E-state index contributed by atoms with van der Waals surface area (Å²) in [6.07, 6.45) is 3.79. The molecule has 5 nitrogen and oxygen atoms in total. The first kappa shape index (κ1) is 20.1. The summed E-state index contributed by atoms with van der Waals surface area (Å²) in [5.74, 6) is 1.29. The molecule has 6 heteroatoms. The van der Waals surface area contributed by atoms with Crippen LogP contribution in [0.5, 0.6) is 5.75 Å². The van der Waals surface area contributed by atoms with Gasteiger partial charge >= 0.3 is 0 Å². The highest BCUT2D eigenvalue weighted by atomic mass is 35.5. The van der Waals surface area contributed by atoms with Crippen LogP contribution in [0.4, 0.5) is 5.82 Å². The summed E-state index contributed by atoms with van der Waals surface area (Å²) < 4.78 is 0. The van der Waals surface area contributed by atoms with E-state index in [-0.39, 0.29) is 23.1 Å². The quantitative estimate of drug-likeness (QED) is 0.602. The van der Waals surface area contributed by atoms with Crippen molar-refractivity contribution in [2.24, 2.45) is 0 Å². The maximum absolute atomic E-state index is 13.5. The second kappa shape index (κ2) is 7.72. The number of halogens is 1. The molecule has 1 unspecified atom stereocenters. The molecule has 2 heterocycles. The molecule has 1 aliphatic heterocycles. The number of nitrogens with one attached hydrogen (secondary N) is 1. The molecule has 0 bridgehead atoms. The molecule has 31 heavy (non-hydrogen) atoms. The lowest BCUT2D eigenvalue weighted by atomic mass is 9.63. The average Bonchev–Trinajstić information content (AvgIpc) is 3.17. The Bertz CT molecular complexity index is 1140.